The summed E-state index contributed by atoms with van der Waals surface area (Å²) in [5.74, 6) is 6.14. The molecule has 0 spiro atoms. The Morgan fingerprint density at radius 3 is 3.07 bits per heavy atom. The van der Waals surface area contributed by atoms with Gasteiger partial charge in [0.1, 0.15) is 0 Å². The number of thiophene rings is 1. The van der Waals surface area contributed by atoms with E-state index in [-0.39, 0.29) is 0 Å². The number of rotatable bonds is 1. The van der Waals surface area contributed by atoms with Crippen molar-refractivity contribution in [2.75, 3.05) is 6.54 Å². The second kappa shape index (κ2) is 4.28. The molecule has 0 amide bonds. The van der Waals surface area contributed by atoms with Crippen LogP contribution in [0.1, 0.15) is 12.0 Å². The van der Waals surface area contributed by atoms with Gasteiger partial charge in [0.25, 0.3) is 0 Å². The number of benzene rings is 1. The summed E-state index contributed by atoms with van der Waals surface area (Å²) in [7, 11) is 0. The molecule has 70 valence electrons. The van der Waals surface area contributed by atoms with Crippen LogP contribution < -0.4 is 5.73 Å². The molecule has 1 aromatic carbocycles. The first kappa shape index (κ1) is 9.26. The van der Waals surface area contributed by atoms with Crippen molar-refractivity contribution in [3.05, 3.63) is 35.2 Å². The second-order valence-electron chi connectivity index (χ2n) is 3.01. The SMILES string of the molecule is NCCC#Cc1ccc2sccc2c1. The molecule has 0 saturated carbocycles. The molecule has 0 atom stereocenters. The molecular formula is C12H11NS. The molecule has 0 unspecified atom stereocenters. The van der Waals surface area contributed by atoms with Crippen molar-refractivity contribution in [3.63, 3.8) is 0 Å². The van der Waals surface area contributed by atoms with Crippen molar-refractivity contribution < 1.29 is 0 Å². The Labute approximate surface area is 87.6 Å². The van der Waals surface area contributed by atoms with Crippen LogP contribution in [0.15, 0.2) is 29.6 Å². The van der Waals surface area contributed by atoms with Gasteiger partial charge in [0.05, 0.1) is 0 Å². The van der Waals surface area contributed by atoms with Crippen LogP contribution in [0.3, 0.4) is 0 Å². The summed E-state index contributed by atoms with van der Waals surface area (Å²) in [5, 5.41) is 3.37. The first-order valence-corrected chi connectivity index (χ1v) is 5.44. The zero-order valence-corrected chi connectivity index (χ0v) is 8.60. The van der Waals surface area contributed by atoms with Crippen molar-refractivity contribution in [2.45, 2.75) is 6.42 Å². The van der Waals surface area contributed by atoms with E-state index in [4.69, 9.17) is 5.73 Å². The molecule has 0 saturated heterocycles. The predicted molar refractivity (Wildman–Crippen MR) is 62.4 cm³/mol. The Kier molecular flexibility index (Phi) is 2.83. The van der Waals surface area contributed by atoms with E-state index in [9.17, 15) is 0 Å². The Bertz CT molecular complexity index is 487. The van der Waals surface area contributed by atoms with Crippen molar-refractivity contribution in [3.8, 4) is 11.8 Å². The van der Waals surface area contributed by atoms with E-state index >= 15 is 0 Å². The fraction of sp³-hybridized carbons (Fsp3) is 0.167. The fourth-order valence-corrected chi connectivity index (χ4v) is 2.05. The zero-order valence-electron chi connectivity index (χ0n) is 7.79. The van der Waals surface area contributed by atoms with E-state index in [1.807, 2.05) is 0 Å². The van der Waals surface area contributed by atoms with E-state index in [0.717, 1.165) is 12.0 Å². The molecule has 1 heterocycles. The monoisotopic (exact) mass is 201 g/mol. The number of hydrogen-bond acceptors (Lipinski definition) is 2. The van der Waals surface area contributed by atoms with Gasteiger partial charge in [0.2, 0.25) is 0 Å². The van der Waals surface area contributed by atoms with Crippen molar-refractivity contribution in [2.24, 2.45) is 5.73 Å². The Morgan fingerprint density at radius 2 is 2.21 bits per heavy atom. The van der Waals surface area contributed by atoms with Gasteiger partial charge in [-0.1, -0.05) is 11.8 Å². The lowest BCUT2D eigenvalue weighted by atomic mass is 10.2. The van der Waals surface area contributed by atoms with Crippen LogP contribution in [0.25, 0.3) is 10.1 Å². The topological polar surface area (TPSA) is 26.0 Å². The van der Waals surface area contributed by atoms with Crippen LogP contribution in [-0.4, -0.2) is 6.54 Å². The molecule has 0 aliphatic heterocycles. The zero-order chi connectivity index (χ0) is 9.80. The van der Waals surface area contributed by atoms with E-state index in [2.05, 4.69) is 41.5 Å². The van der Waals surface area contributed by atoms with Crippen molar-refractivity contribution in [1.82, 2.24) is 0 Å². The van der Waals surface area contributed by atoms with Gasteiger partial charge in [-0.15, -0.1) is 11.3 Å². The second-order valence-corrected chi connectivity index (χ2v) is 3.96. The maximum Gasteiger partial charge on any atom is 0.0343 e. The van der Waals surface area contributed by atoms with Gasteiger partial charge in [0.15, 0.2) is 0 Å². The van der Waals surface area contributed by atoms with Gasteiger partial charge >= 0.3 is 0 Å². The van der Waals surface area contributed by atoms with E-state index in [1.165, 1.54) is 10.1 Å². The molecule has 1 nitrogen and oxygen atoms in total. The van der Waals surface area contributed by atoms with Crippen LogP contribution in [0.5, 0.6) is 0 Å². The van der Waals surface area contributed by atoms with Gasteiger partial charge in [-0.05, 0) is 35.0 Å². The average Bonchev–Trinajstić information content (AvgIpc) is 2.65. The van der Waals surface area contributed by atoms with Crippen LogP contribution in [0, 0.1) is 11.8 Å². The standard InChI is InChI=1S/C12H11NS/c13-7-2-1-3-10-4-5-12-11(9-10)6-8-14-12/h4-6,8-9H,2,7,13H2. The Balaban J connectivity index is 2.31. The smallest absolute Gasteiger partial charge is 0.0343 e. The quantitative estimate of drug-likeness (QED) is 0.705. The van der Waals surface area contributed by atoms with Gasteiger partial charge in [-0.2, -0.15) is 0 Å². The molecule has 0 bridgehead atoms. The molecule has 0 aliphatic carbocycles. The van der Waals surface area contributed by atoms with Crippen LogP contribution in [0.2, 0.25) is 0 Å². The number of hydrogen-bond donors (Lipinski definition) is 1. The predicted octanol–water partition coefficient (Wildman–Crippen LogP) is 2.60. The molecule has 2 rings (SSSR count). The molecule has 2 N–H and O–H groups in total. The summed E-state index contributed by atoms with van der Waals surface area (Å²) in [6, 6.07) is 8.41. The number of fused-ring (bicyclic) bond motifs is 1. The molecule has 2 heteroatoms. The van der Waals surface area contributed by atoms with Crippen molar-refractivity contribution in [1.29, 1.82) is 0 Å². The highest BCUT2D eigenvalue weighted by molar-refractivity contribution is 7.17. The third-order valence-electron chi connectivity index (χ3n) is 1.95. The van der Waals surface area contributed by atoms with Crippen LogP contribution >= 0.6 is 11.3 Å². The van der Waals surface area contributed by atoms with Gasteiger partial charge in [0, 0.05) is 23.2 Å². The summed E-state index contributed by atoms with van der Waals surface area (Å²) in [5.41, 5.74) is 6.44. The van der Waals surface area contributed by atoms with Gasteiger partial charge in [-0.3, -0.25) is 0 Å². The molecule has 14 heavy (non-hydrogen) atoms. The maximum atomic E-state index is 5.37. The lowest BCUT2D eigenvalue weighted by molar-refractivity contribution is 1.03. The lowest BCUT2D eigenvalue weighted by Crippen LogP contribution is -1.95. The third-order valence-corrected chi connectivity index (χ3v) is 2.85. The Morgan fingerprint density at radius 1 is 1.29 bits per heavy atom. The highest BCUT2D eigenvalue weighted by Gasteiger charge is 1.94. The lowest BCUT2D eigenvalue weighted by Gasteiger charge is -1.90. The van der Waals surface area contributed by atoms with Crippen LogP contribution in [0.4, 0.5) is 0 Å². The summed E-state index contributed by atoms with van der Waals surface area (Å²) in [6.45, 7) is 0.633. The molecule has 0 fully saturated rings. The summed E-state index contributed by atoms with van der Waals surface area (Å²) in [6.07, 6.45) is 0.766. The summed E-state index contributed by atoms with van der Waals surface area (Å²) < 4.78 is 1.31. The largest absolute Gasteiger partial charge is 0.330 e. The number of nitrogens with two attached hydrogens (primary N) is 1. The summed E-state index contributed by atoms with van der Waals surface area (Å²) in [4.78, 5) is 0. The molecule has 1 aromatic heterocycles. The Hall–Kier alpha value is -1.30. The molecular weight excluding hydrogens is 190 g/mol. The highest BCUT2D eigenvalue weighted by Crippen LogP contribution is 2.21. The molecule has 0 aliphatic rings. The average molecular weight is 201 g/mol. The fourth-order valence-electron chi connectivity index (χ4n) is 1.28. The minimum atomic E-state index is 0.633. The van der Waals surface area contributed by atoms with Crippen LogP contribution in [-0.2, 0) is 0 Å². The van der Waals surface area contributed by atoms with Gasteiger partial charge < -0.3 is 5.73 Å². The van der Waals surface area contributed by atoms with E-state index in [0.29, 0.717) is 6.54 Å². The third kappa shape index (κ3) is 1.95. The van der Waals surface area contributed by atoms with Gasteiger partial charge in [-0.25, -0.2) is 0 Å². The maximum absolute atomic E-state index is 5.37. The van der Waals surface area contributed by atoms with E-state index < -0.39 is 0 Å². The normalized spacial score (nSPS) is 9.79. The molecule has 2 aromatic rings. The first-order chi connectivity index (χ1) is 6.90. The first-order valence-electron chi connectivity index (χ1n) is 4.56. The molecule has 0 radical (unpaired) electrons. The highest BCUT2D eigenvalue weighted by atomic mass is 32.1. The summed E-state index contributed by atoms with van der Waals surface area (Å²) >= 11 is 1.76. The minimum Gasteiger partial charge on any atom is -0.330 e. The van der Waals surface area contributed by atoms with Crippen molar-refractivity contribution >= 4 is 21.4 Å². The van der Waals surface area contributed by atoms with E-state index in [1.54, 1.807) is 11.3 Å². The minimum absolute atomic E-state index is 0.633.